The Balaban J connectivity index is 1.79. The monoisotopic (exact) mass is 281 g/mol. The second-order valence-electron chi connectivity index (χ2n) is 7.21. The smallest absolute Gasteiger partial charge is 0.317 e. The summed E-state index contributed by atoms with van der Waals surface area (Å²) in [5.41, 5.74) is 0.0669. The van der Waals surface area contributed by atoms with Crippen LogP contribution >= 0.6 is 0 Å². The molecule has 0 spiro atoms. The van der Waals surface area contributed by atoms with E-state index in [1.807, 2.05) is 4.90 Å². The van der Waals surface area contributed by atoms with E-state index < -0.39 is 0 Å². The van der Waals surface area contributed by atoms with Crippen molar-refractivity contribution >= 4 is 6.03 Å². The fraction of sp³-hybridized carbons (Fsp3) is 0.938. The SMILES string of the molecule is CC1CCCN(C(=O)NCC(C)(C)N2CCCCC2)C1. The number of carbonyl (C=O) groups is 1. The van der Waals surface area contributed by atoms with Crippen molar-refractivity contribution in [1.82, 2.24) is 15.1 Å². The number of carbonyl (C=O) groups excluding carboxylic acids is 1. The van der Waals surface area contributed by atoms with Crippen LogP contribution in [-0.2, 0) is 0 Å². The summed E-state index contributed by atoms with van der Waals surface area (Å²) in [5.74, 6) is 0.643. The van der Waals surface area contributed by atoms with Crippen molar-refractivity contribution in [2.24, 2.45) is 5.92 Å². The molecule has 1 unspecified atom stereocenters. The molecule has 2 rings (SSSR count). The molecule has 2 saturated heterocycles. The van der Waals surface area contributed by atoms with Crippen LogP contribution in [-0.4, -0.2) is 54.1 Å². The summed E-state index contributed by atoms with van der Waals surface area (Å²) in [5, 5.41) is 3.16. The number of hydrogen-bond acceptors (Lipinski definition) is 2. The largest absolute Gasteiger partial charge is 0.336 e. The highest BCUT2D eigenvalue weighted by Crippen LogP contribution is 2.20. The van der Waals surface area contributed by atoms with E-state index in [1.165, 1.54) is 38.8 Å². The molecule has 2 heterocycles. The number of rotatable bonds is 3. The first-order valence-corrected chi connectivity index (χ1v) is 8.27. The van der Waals surface area contributed by atoms with Crippen molar-refractivity contribution in [3.63, 3.8) is 0 Å². The highest BCUT2D eigenvalue weighted by Gasteiger charge is 2.29. The van der Waals surface area contributed by atoms with Crippen LogP contribution in [0.25, 0.3) is 0 Å². The summed E-state index contributed by atoms with van der Waals surface area (Å²) in [4.78, 5) is 16.8. The number of piperidine rings is 2. The summed E-state index contributed by atoms with van der Waals surface area (Å²) < 4.78 is 0. The molecule has 1 N–H and O–H groups in total. The lowest BCUT2D eigenvalue weighted by Gasteiger charge is -2.41. The highest BCUT2D eigenvalue weighted by molar-refractivity contribution is 5.74. The van der Waals surface area contributed by atoms with E-state index in [0.717, 1.165) is 26.1 Å². The molecule has 2 amide bonds. The van der Waals surface area contributed by atoms with Crippen molar-refractivity contribution in [3.05, 3.63) is 0 Å². The lowest BCUT2D eigenvalue weighted by Crippen LogP contribution is -2.55. The average molecular weight is 281 g/mol. The predicted molar refractivity (Wildman–Crippen MR) is 82.9 cm³/mol. The lowest BCUT2D eigenvalue weighted by molar-refractivity contribution is 0.0925. The number of nitrogens with one attached hydrogen (secondary N) is 1. The number of amides is 2. The van der Waals surface area contributed by atoms with Crippen LogP contribution in [0.1, 0.15) is 52.9 Å². The van der Waals surface area contributed by atoms with Gasteiger partial charge in [-0.3, -0.25) is 4.90 Å². The van der Waals surface area contributed by atoms with Gasteiger partial charge in [0.05, 0.1) is 0 Å². The van der Waals surface area contributed by atoms with Gasteiger partial charge in [-0.2, -0.15) is 0 Å². The van der Waals surface area contributed by atoms with Gasteiger partial charge in [0.15, 0.2) is 0 Å². The normalized spacial score (nSPS) is 25.6. The topological polar surface area (TPSA) is 35.6 Å². The summed E-state index contributed by atoms with van der Waals surface area (Å²) in [6.45, 7) is 11.6. The fourth-order valence-corrected chi connectivity index (χ4v) is 3.39. The van der Waals surface area contributed by atoms with Crippen molar-refractivity contribution in [1.29, 1.82) is 0 Å². The second kappa shape index (κ2) is 6.79. The van der Waals surface area contributed by atoms with E-state index in [2.05, 4.69) is 31.0 Å². The standard InChI is InChI=1S/C16H31N3O/c1-14-8-7-9-18(12-14)15(20)17-13-16(2,3)19-10-5-4-6-11-19/h14H,4-13H2,1-3H3,(H,17,20). The average Bonchev–Trinajstić information content (AvgIpc) is 2.46. The highest BCUT2D eigenvalue weighted by atomic mass is 16.2. The Morgan fingerprint density at radius 3 is 2.50 bits per heavy atom. The van der Waals surface area contributed by atoms with Gasteiger partial charge in [-0.05, 0) is 58.5 Å². The van der Waals surface area contributed by atoms with Crippen LogP contribution < -0.4 is 5.32 Å². The Kier molecular flexibility index (Phi) is 5.30. The number of nitrogens with zero attached hydrogens (tertiary/aromatic N) is 2. The Hall–Kier alpha value is -0.770. The molecule has 0 saturated carbocycles. The van der Waals surface area contributed by atoms with Gasteiger partial charge in [-0.25, -0.2) is 4.79 Å². The summed E-state index contributed by atoms with van der Waals surface area (Å²) >= 11 is 0. The molecule has 0 bridgehead atoms. The van der Waals surface area contributed by atoms with Crippen LogP contribution in [0.3, 0.4) is 0 Å². The van der Waals surface area contributed by atoms with Gasteiger partial charge in [-0.15, -0.1) is 0 Å². The Morgan fingerprint density at radius 2 is 1.85 bits per heavy atom. The maximum absolute atomic E-state index is 12.3. The van der Waals surface area contributed by atoms with E-state index in [0.29, 0.717) is 5.92 Å². The van der Waals surface area contributed by atoms with Gasteiger partial charge < -0.3 is 10.2 Å². The van der Waals surface area contributed by atoms with Crippen LogP contribution in [0.5, 0.6) is 0 Å². The molecule has 2 aliphatic heterocycles. The van der Waals surface area contributed by atoms with Gasteiger partial charge in [0.25, 0.3) is 0 Å². The van der Waals surface area contributed by atoms with Crippen LogP contribution in [0.4, 0.5) is 4.79 Å². The quantitative estimate of drug-likeness (QED) is 0.863. The van der Waals surface area contributed by atoms with E-state index in [4.69, 9.17) is 0 Å². The maximum Gasteiger partial charge on any atom is 0.317 e. The Bertz CT molecular complexity index is 324. The molecule has 1 atom stereocenters. The molecular weight excluding hydrogens is 250 g/mol. The van der Waals surface area contributed by atoms with Crippen LogP contribution in [0.15, 0.2) is 0 Å². The molecule has 0 aliphatic carbocycles. The van der Waals surface area contributed by atoms with Gasteiger partial charge in [0.1, 0.15) is 0 Å². The van der Waals surface area contributed by atoms with Gasteiger partial charge in [-0.1, -0.05) is 13.3 Å². The van der Waals surface area contributed by atoms with Gasteiger partial charge in [0.2, 0.25) is 0 Å². The third-order valence-electron chi connectivity index (χ3n) is 4.83. The lowest BCUT2D eigenvalue weighted by atomic mass is 9.98. The summed E-state index contributed by atoms with van der Waals surface area (Å²) in [6, 6.07) is 0.127. The Labute approximate surface area is 123 Å². The molecule has 2 aliphatic rings. The number of likely N-dealkylation sites (tertiary alicyclic amines) is 2. The zero-order chi connectivity index (χ0) is 14.6. The van der Waals surface area contributed by atoms with Gasteiger partial charge in [0, 0.05) is 25.2 Å². The third kappa shape index (κ3) is 4.11. The Morgan fingerprint density at radius 1 is 1.15 bits per heavy atom. The van der Waals surface area contributed by atoms with Crippen LogP contribution in [0.2, 0.25) is 0 Å². The van der Waals surface area contributed by atoms with Gasteiger partial charge >= 0.3 is 6.03 Å². The van der Waals surface area contributed by atoms with E-state index in [-0.39, 0.29) is 11.6 Å². The predicted octanol–water partition coefficient (Wildman–Crippen LogP) is 2.69. The van der Waals surface area contributed by atoms with Crippen LogP contribution in [0, 0.1) is 5.92 Å². The molecule has 116 valence electrons. The molecule has 0 radical (unpaired) electrons. The third-order valence-corrected chi connectivity index (χ3v) is 4.83. The first-order valence-electron chi connectivity index (χ1n) is 8.27. The first-order chi connectivity index (χ1) is 9.49. The van der Waals surface area contributed by atoms with Crippen molar-refractivity contribution in [2.75, 3.05) is 32.7 Å². The molecule has 4 nitrogen and oxygen atoms in total. The first kappa shape index (κ1) is 15.6. The molecule has 0 aromatic carbocycles. The zero-order valence-corrected chi connectivity index (χ0v) is 13.5. The van der Waals surface area contributed by atoms with Crippen molar-refractivity contribution < 1.29 is 4.79 Å². The molecular formula is C16H31N3O. The summed E-state index contributed by atoms with van der Waals surface area (Å²) in [7, 11) is 0. The van der Waals surface area contributed by atoms with E-state index in [1.54, 1.807) is 0 Å². The molecule has 4 heteroatoms. The minimum atomic E-state index is 0.0669. The minimum absolute atomic E-state index is 0.0669. The maximum atomic E-state index is 12.3. The summed E-state index contributed by atoms with van der Waals surface area (Å²) in [6.07, 6.45) is 6.33. The molecule has 20 heavy (non-hydrogen) atoms. The second-order valence-corrected chi connectivity index (χ2v) is 7.21. The number of hydrogen-bond donors (Lipinski definition) is 1. The zero-order valence-electron chi connectivity index (χ0n) is 13.5. The molecule has 2 fully saturated rings. The molecule has 0 aromatic rings. The number of urea groups is 1. The minimum Gasteiger partial charge on any atom is -0.336 e. The van der Waals surface area contributed by atoms with Crippen molar-refractivity contribution in [2.45, 2.75) is 58.4 Å². The van der Waals surface area contributed by atoms with E-state index >= 15 is 0 Å². The van der Waals surface area contributed by atoms with E-state index in [9.17, 15) is 4.79 Å². The van der Waals surface area contributed by atoms with Crippen molar-refractivity contribution in [3.8, 4) is 0 Å². The fourth-order valence-electron chi connectivity index (χ4n) is 3.39. The molecule has 0 aromatic heterocycles.